The first-order valence-electron chi connectivity index (χ1n) is 8.96. The third-order valence-corrected chi connectivity index (χ3v) is 5.24. The Morgan fingerprint density at radius 1 is 1.18 bits per heavy atom. The summed E-state index contributed by atoms with van der Waals surface area (Å²) in [4.78, 5) is 17.1. The van der Waals surface area contributed by atoms with Crippen LogP contribution in [0.25, 0.3) is 11.0 Å². The third kappa shape index (κ3) is 4.72. The smallest absolute Gasteiger partial charge is 0.234 e. The number of carbonyl (C=O) groups excluding carboxylic acids is 1. The van der Waals surface area contributed by atoms with E-state index in [9.17, 15) is 4.79 Å². The molecule has 1 aromatic heterocycles. The van der Waals surface area contributed by atoms with Crippen LogP contribution in [0.2, 0.25) is 5.02 Å². The van der Waals surface area contributed by atoms with Gasteiger partial charge in [0.25, 0.3) is 0 Å². The highest BCUT2D eigenvalue weighted by molar-refractivity contribution is 7.99. The van der Waals surface area contributed by atoms with Crippen molar-refractivity contribution in [3.63, 3.8) is 0 Å². The van der Waals surface area contributed by atoms with Gasteiger partial charge in [-0.2, -0.15) is 0 Å². The summed E-state index contributed by atoms with van der Waals surface area (Å²) in [6, 6.07) is 11.0. The maximum Gasteiger partial charge on any atom is 0.234 e. The molecule has 0 bridgehead atoms. The number of rotatable bonds is 8. The van der Waals surface area contributed by atoms with Crippen molar-refractivity contribution < 1.29 is 14.3 Å². The minimum absolute atomic E-state index is 0.148. The highest BCUT2D eigenvalue weighted by Gasteiger charge is 2.13. The van der Waals surface area contributed by atoms with Gasteiger partial charge in [0.15, 0.2) is 5.16 Å². The molecule has 0 aliphatic rings. The fraction of sp³-hybridized carbons (Fsp3) is 0.300. The molecule has 1 heterocycles. The lowest BCUT2D eigenvalue weighted by atomic mass is 10.2. The van der Waals surface area contributed by atoms with Gasteiger partial charge in [-0.3, -0.25) is 4.79 Å². The van der Waals surface area contributed by atoms with Crippen LogP contribution in [-0.4, -0.2) is 34.4 Å². The number of aryl methyl sites for hydroxylation is 1. The van der Waals surface area contributed by atoms with E-state index in [0.29, 0.717) is 35.4 Å². The molecule has 8 heteroatoms. The van der Waals surface area contributed by atoms with Crippen molar-refractivity contribution in [3.8, 4) is 11.5 Å². The molecule has 0 unspecified atom stereocenters. The minimum Gasteiger partial charge on any atom is -0.494 e. The molecule has 0 radical (unpaired) electrons. The van der Waals surface area contributed by atoms with Crippen LogP contribution in [0.1, 0.15) is 13.8 Å². The van der Waals surface area contributed by atoms with Crippen LogP contribution < -0.4 is 14.8 Å². The quantitative estimate of drug-likeness (QED) is 0.533. The van der Waals surface area contributed by atoms with Crippen LogP contribution in [0.4, 0.5) is 5.69 Å². The topological polar surface area (TPSA) is 65.4 Å². The highest BCUT2D eigenvalue weighted by Crippen LogP contribution is 2.30. The summed E-state index contributed by atoms with van der Waals surface area (Å²) < 4.78 is 13.1. The average Bonchev–Trinajstić information content (AvgIpc) is 2.97. The summed E-state index contributed by atoms with van der Waals surface area (Å²) in [5.74, 6) is 1.36. The van der Waals surface area contributed by atoms with Gasteiger partial charge in [0.2, 0.25) is 5.91 Å². The molecule has 0 aliphatic carbocycles. The molecule has 0 saturated heterocycles. The summed E-state index contributed by atoms with van der Waals surface area (Å²) in [6.07, 6.45) is 0. The monoisotopic (exact) mass is 419 g/mol. The Labute approximate surface area is 173 Å². The molecule has 0 fully saturated rings. The van der Waals surface area contributed by atoms with Gasteiger partial charge >= 0.3 is 0 Å². The maximum absolute atomic E-state index is 12.5. The number of nitrogens with one attached hydrogen (secondary N) is 1. The molecular formula is C20H22ClN3O3S. The zero-order valence-corrected chi connectivity index (χ0v) is 17.6. The second-order valence-corrected chi connectivity index (χ2v) is 7.33. The fourth-order valence-corrected chi connectivity index (χ4v) is 3.69. The van der Waals surface area contributed by atoms with Gasteiger partial charge in [0.1, 0.15) is 11.5 Å². The second kappa shape index (κ2) is 9.21. The van der Waals surface area contributed by atoms with Crippen LogP contribution in [0.5, 0.6) is 11.5 Å². The summed E-state index contributed by atoms with van der Waals surface area (Å²) in [7, 11) is 1.92. The lowest BCUT2D eigenvalue weighted by Gasteiger charge is -2.13. The molecule has 3 rings (SSSR count). The lowest BCUT2D eigenvalue weighted by molar-refractivity contribution is -0.113. The largest absolute Gasteiger partial charge is 0.494 e. The normalized spacial score (nSPS) is 10.9. The number of benzene rings is 2. The Morgan fingerprint density at radius 2 is 1.96 bits per heavy atom. The Morgan fingerprint density at radius 3 is 2.71 bits per heavy atom. The van der Waals surface area contributed by atoms with Gasteiger partial charge in [-0.1, -0.05) is 23.4 Å². The van der Waals surface area contributed by atoms with E-state index >= 15 is 0 Å². The van der Waals surface area contributed by atoms with Crippen molar-refractivity contribution in [3.05, 3.63) is 41.4 Å². The number of aromatic nitrogens is 2. The van der Waals surface area contributed by atoms with Crippen LogP contribution in [-0.2, 0) is 11.8 Å². The molecule has 1 amide bonds. The number of nitrogens with zero attached hydrogens (tertiary/aromatic N) is 2. The Bertz CT molecular complexity index is 990. The van der Waals surface area contributed by atoms with Crippen molar-refractivity contribution in [2.45, 2.75) is 19.0 Å². The standard InChI is InChI=1S/C20H22ClN3O3S/c1-4-26-14-7-9-18(27-5-2)16(11-14)22-19(25)12-28-20-23-15-10-13(21)6-8-17(15)24(20)3/h6-11H,4-5,12H2,1-3H3,(H,22,25). The number of hydrogen-bond donors (Lipinski definition) is 1. The SMILES string of the molecule is CCOc1ccc(OCC)c(NC(=O)CSc2nc3cc(Cl)ccc3n2C)c1. The maximum atomic E-state index is 12.5. The highest BCUT2D eigenvalue weighted by atomic mass is 35.5. The van der Waals surface area contributed by atoms with Crippen molar-refractivity contribution in [2.24, 2.45) is 7.05 Å². The first kappa shape index (κ1) is 20.4. The molecular weight excluding hydrogens is 398 g/mol. The zero-order chi connectivity index (χ0) is 20.1. The minimum atomic E-state index is -0.148. The number of amides is 1. The fourth-order valence-electron chi connectivity index (χ4n) is 2.74. The second-order valence-electron chi connectivity index (χ2n) is 5.95. The number of halogens is 1. The van der Waals surface area contributed by atoms with Gasteiger partial charge in [0, 0.05) is 18.1 Å². The van der Waals surface area contributed by atoms with E-state index in [1.807, 2.05) is 49.7 Å². The van der Waals surface area contributed by atoms with Crippen molar-refractivity contribution in [1.82, 2.24) is 9.55 Å². The van der Waals surface area contributed by atoms with Crippen molar-refractivity contribution >= 4 is 46.0 Å². The number of anilines is 1. The number of fused-ring (bicyclic) bond motifs is 1. The number of ether oxygens (including phenoxy) is 2. The summed E-state index contributed by atoms with van der Waals surface area (Å²) in [5, 5.41) is 4.29. The van der Waals surface area contributed by atoms with E-state index < -0.39 is 0 Å². The van der Waals surface area contributed by atoms with Crippen LogP contribution in [0.15, 0.2) is 41.6 Å². The van der Waals surface area contributed by atoms with E-state index in [0.717, 1.165) is 16.2 Å². The number of hydrogen-bond acceptors (Lipinski definition) is 5. The summed E-state index contributed by atoms with van der Waals surface area (Å²) >= 11 is 7.40. The molecule has 0 atom stereocenters. The molecule has 6 nitrogen and oxygen atoms in total. The number of thioether (sulfide) groups is 1. The first-order chi connectivity index (χ1) is 13.5. The van der Waals surface area contributed by atoms with Gasteiger partial charge in [-0.05, 0) is 44.2 Å². The molecule has 3 aromatic rings. The molecule has 0 spiro atoms. The predicted octanol–water partition coefficient (Wildman–Crippen LogP) is 4.75. The van der Waals surface area contributed by atoms with Crippen LogP contribution in [0, 0.1) is 0 Å². The Kier molecular flexibility index (Phi) is 6.70. The van der Waals surface area contributed by atoms with Gasteiger partial charge in [-0.15, -0.1) is 0 Å². The Hall–Kier alpha value is -2.38. The lowest BCUT2D eigenvalue weighted by Crippen LogP contribution is -2.15. The third-order valence-electron chi connectivity index (χ3n) is 3.97. The van der Waals surface area contributed by atoms with E-state index in [1.165, 1.54) is 11.8 Å². The van der Waals surface area contributed by atoms with Gasteiger partial charge < -0.3 is 19.4 Å². The summed E-state index contributed by atoms with van der Waals surface area (Å²) in [6.45, 7) is 4.87. The molecule has 148 valence electrons. The average molecular weight is 420 g/mol. The zero-order valence-electron chi connectivity index (χ0n) is 16.0. The molecule has 1 N–H and O–H groups in total. The van der Waals surface area contributed by atoms with Gasteiger partial charge in [0.05, 0.1) is 35.7 Å². The predicted molar refractivity (Wildman–Crippen MR) is 114 cm³/mol. The van der Waals surface area contributed by atoms with Crippen LogP contribution in [0.3, 0.4) is 0 Å². The molecule has 28 heavy (non-hydrogen) atoms. The van der Waals surface area contributed by atoms with Crippen LogP contribution >= 0.6 is 23.4 Å². The molecule has 0 aliphatic heterocycles. The molecule has 0 saturated carbocycles. The van der Waals surface area contributed by atoms with Crippen molar-refractivity contribution in [1.29, 1.82) is 0 Å². The molecule has 2 aromatic carbocycles. The van der Waals surface area contributed by atoms with E-state index in [-0.39, 0.29) is 11.7 Å². The van der Waals surface area contributed by atoms with E-state index in [4.69, 9.17) is 21.1 Å². The van der Waals surface area contributed by atoms with E-state index in [1.54, 1.807) is 12.1 Å². The van der Waals surface area contributed by atoms with E-state index in [2.05, 4.69) is 10.3 Å². The van der Waals surface area contributed by atoms with Gasteiger partial charge in [-0.25, -0.2) is 4.98 Å². The first-order valence-corrected chi connectivity index (χ1v) is 10.3. The Balaban J connectivity index is 1.70. The summed E-state index contributed by atoms with van der Waals surface area (Å²) in [5.41, 5.74) is 2.37. The van der Waals surface area contributed by atoms with Crippen molar-refractivity contribution in [2.75, 3.05) is 24.3 Å². The number of imidazole rings is 1. The number of carbonyl (C=O) groups is 1.